The van der Waals surface area contributed by atoms with Gasteiger partial charge in [-0.3, -0.25) is 0 Å². The summed E-state index contributed by atoms with van der Waals surface area (Å²) in [7, 11) is 0. The van der Waals surface area contributed by atoms with Crippen molar-refractivity contribution < 1.29 is 4.74 Å². The quantitative estimate of drug-likeness (QED) is 0.735. The second-order valence-electron chi connectivity index (χ2n) is 3.28. The van der Waals surface area contributed by atoms with E-state index in [2.05, 4.69) is 20.9 Å². The van der Waals surface area contributed by atoms with Crippen molar-refractivity contribution >= 4 is 39.1 Å². The first-order chi connectivity index (χ1) is 8.20. The van der Waals surface area contributed by atoms with Crippen LogP contribution in [-0.4, -0.2) is 4.98 Å². The minimum absolute atomic E-state index is 0.356. The number of hydrogen-bond donors (Lipinski definition) is 0. The van der Waals surface area contributed by atoms with Crippen molar-refractivity contribution in [2.45, 2.75) is 5.88 Å². The molecule has 1 aromatic carbocycles. The molecule has 5 heteroatoms. The number of rotatable bonds is 3. The van der Waals surface area contributed by atoms with E-state index in [9.17, 15) is 0 Å². The normalized spacial score (nSPS) is 10.3. The molecule has 2 aromatic rings. The Balaban J connectivity index is 2.31. The number of pyridine rings is 1. The summed E-state index contributed by atoms with van der Waals surface area (Å²) in [6.07, 6.45) is 1.66. The maximum Gasteiger partial charge on any atom is 0.223 e. The van der Waals surface area contributed by atoms with Gasteiger partial charge in [0, 0.05) is 16.8 Å². The minimum Gasteiger partial charge on any atom is -0.438 e. The Morgan fingerprint density at radius 1 is 1.29 bits per heavy atom. The molecule has 1 aromatic heterocycles. The van der Waals surface area contributed by atoms with Gasteiger partial charge in [0.15, 0.2) is 0 Å². The largest absolute Gasteiger partial charge is 0.438 e. The van der Waals surface area contributed by atoms with Crippen molar-refractivity contribution in [3.05, 3.63) is 51.6 Å². The van der Waals surface area contributed by atoms with Crippen LogP contribution in [0.5, 0.6) is 11.6 Å². The Morgan fingerprint density at radius 3 is 2.82 bits per heavy atom. The molecule has 0 spiro atoms. The van der Waals surface area contributed by atoms with Crippen LogP contribution in [0.3, 0.4) is 0 Å². The summed E-state index contributed by atoms with van der Waals surface area (Å²) >= 11 is 15.0. The Labute approximate surface area is 118 Å². The molecule has 0 saturated heterocycles. The van der Waals surface area contributed by atoms with Crippen LogP contribution in [0, 0.1) is 0 Å². The first-order valence-electron chi connectivity index (χ1n) is 4.83. The molecule has 0 aliphatic carbocycles. The van der Waals surface area contributed by atoms with Gasteiger partial charge in [-0.05, 0) is 40.2 Å². The number of ether oxygens (including phenoxy) is 1. The fourth-order valence-corrected chi connectivity index (χ4v) is 2.25. The summed E-state index contributed by atoms with van der Waals surface area (Å²) in [5.74, 6) is 1.51. The fourth-order valence-electron chi connectivity index (χ4n) is 1.28. The summed E-state index contributed by atoms with van der Waals surface area (Å²) in [6, 6.07) is 8.99. The average molecular weight is 333 g/mol. The highest BCUT2D eigenvalue weighted by Gasteiger charge is 2.08. The predicted octanol–water partition coefficient (Wildman–Crippen LogP) is 5.03. The molecule has 2 nitrogen and oxygen atoms in total. The summed E-state index contributed by atoms with van der Waals surface area (Å²) in [5, 5.41) is 0.641. The zero-order valence-corrected chi connectivity index (χ0v) is 11.8. The number of halogens is 3. The van der Waals surface area contributed by atoms with Crippen molar-refractivity contribution in [3.63, 3.8) is 0 Å². The predicted molar refractivity (Wildman–Crippen MR) is 73.0 cm³/mol. The molecular weight excluding hydrogens is 325 g/mol. The number of nitrogens with zero attached hydrogens (tertiary/aromatic N) is 1. The molecule has 0 aliphatic rings. The monoisotopic (exact) mass is 331 g/mol. The third kappa shape index (κ3) is 3.12. The summed E-state index contributed by atoms with van der Waals surface area (Å²) < 4.78 is 6.46. The van der Waals surface area contributed by atoms with Gasteiger partial charge in [0.2, 0.25) is 5.88 Å². The van der Waals surface area contributed by atoms with E-state index in [1.54, 1.807) is 24.4 Å². The van der Waals surface area contributed by atoms with Crippen molar-refractivity contribution in [3.8, 4) is 11.6 Å². The molecule has 0 saturated carbocycles. The molecule has 0 fully saturated rings. The second kappa shape index (κ2) is 5.71. The van der Waals surface area contributed by atoms with Crippen LogP contribution < -0.4 is 4.74 Å². The van der Waals surface area contributed by atoms with Crippen LogP contribution in [-0.2, 0) is 5.88 Å². The van der Waals surface area contributed by atoms with Gasteiger partial charge in [-0.25, -0.2) is 4.98 Å². The molecule has 88 valence electrons. The molecule has 17 heavy (non-hydrogen) atoms. The molecule has 0 amide bonds. The topological polar surface area (TPSA) is 22.1 Å². The van der Waals surface area contributed by atoms with E-state index in [0.29, 0.717) is 22.5 Å². The molecule has 0 atom stereocenters. The molecule has 0 bridgehead atoms. The van der Waals surface area contributed by atoms with Crippen LogP contribution in [0.2, 0.25) is 5.02 Å². The van der Waals surface area contributed by atoms with Crippen molar-refractivity contribution in [2.75, 3.05) is 0 Å². The first-order valence-corrected chi connectivity index (χ1v) is 6.54. The highest BCUT2D eigenvalue weighted by Crippen LogP contribution is 2.32. The molecule has 2 rings (SSSR count). The van der Waals surface area contributed by atoms with E-state index in [1.165, 1.54) is 0 Å². The molecule has 0 radical (unpaired) electrons. The molecule has 0 unspecified atom stereocenters. The number of alkyl halides is 1. The number of aromatic nitrogens is 1. The third-order valence-corrected chi connectivity index (χ3v) is 3.24. The SMILES string of the molecule is ClCc1cccnc1Oc1ccc(Cl)cc1Br. The smallest absolute Gasteiger partial charge is 0.223 e. The van der Waals surface area contributed by atoms with E-state index < -0.39 is 0 Å². The Hall–Kier alpha value is -0.770. The van der Waals surface area contributed by atoms with Crippen LogP contribution in [0.15, 0.2) is 41.0 Å². The Morgan fingerprint density at radius 2 is 2.12 bits per heavy atom. The van der Waals surface area contributed by atoms with Gasteiger partial charge in [-0.1, -0.05) is 17.7 Å². The average Bonchev–Trinajstić information content (AvgIpc) is 2.33. The van der Waals surface area contributed by atoms with Crippen LogP contribution in [0.1, 0.15) is 5.56 Å². The van der Waals surface area contributed by atoms with Gasteiger partial charge in [-0.2, -0.15) is 0 Å². The van der Waals surface area contributed by atoms with Gasteiger partial charge in [0.1, 0.15) is 5.75 Å². The number of benzene rings is 1. The molecular formula is C12H8BrCl2NO. The molecule has 0 N–H and O–H groups in total. The van der Waals surface area contributed by atoms with Gasteiger partial charge in [0.05, 0.1) is 10.4 Å². The third-order valence-electron chi connectivity index (χ3n) is 2.09. The summed E-state index contributed by atoms with van der Waals surface area (Å²) in [4.78, 5) is 4.15. The molecule has 0 aliphatic heterocycles. The van der Waals surface area contributed by atoms with Crippen LogP contribution in [0.4, 0.5) is 0 Å². The highest BCUT2D eigenvalue weighted by atomic mass is 79.9. The maximum absolute atomic E-state index is 5.86. The number of hydrogen-bond acceptors (Lipinski definition) is 2. The van der Waals surface area contributed by atoms with Gasteiger partial charge in [0.25, 0.3) is 0 Å². The Kier molecular flexibility index (Phi) is 4.26. The van der Waals surface area contributed by atoms with E-state index in [-0.39, 0.29) is 0 Å². The van der Waals surface area contributed by atoms with Crippen molar-refractivity contribution in [1.82, 2.24) is 4.98 Å². The van der Waals surface area contributed by atoms with Crippen LogP contribution in [0.25, 0.3) is 0 Å². The van der Waals surface area contributed by atoms with Gasteiger partial charge >= 0.3 is 0 Å². The standard InChI is InChI=1S/C12H8BrCl2NO/c13-10-6-9(15)3-4-11(10)17-12-8(7-14)2-1-5-16-12/h1-6H,7H2. The maximum atomic E-state index is 5.86. The van der Waals surface area contributed by atoms with Crippen LogP contribution >= 0.6 is 39.1 Å². The first kappa shape index (κ1) is 12.7. The minimum atomic E-state index is 0.356. The van der Waals surface area contributed by atoms with E-state index in [0.717, 1.165) is 10.0 Å². The molecule has 1 heterocycles. The van der Waals surface area contributed by atoms with E-state index in [1.807, 2.05) is 12.1 Å². The lowest BCUT2D eigenvalue weighted by molar-refractivity contribution is 0.455. The fraction of sp³-hybridized carbons (Fsp3) is 0.0833. The summed E-state index contributed by atoms with van der Waals surface area (Å²) in [5.41, 5.74) is 0.844. The zero-order chi connectivity index (χ0) is 12.3. The van der Waals surface area contributed by atoms with Gasteiger partial charge in [-0.15, -0.1) is 11.6 Å². The van der Waals surface area contributed by atoms with E-state index in [4.69, 9.17) is 27.9 Å². The lowest BCUT2D eigenvalue weighted by atomic mass is 10.3. The van der Waals surface area contributed by atoms with Crippen molar-refractivity contribution in [2.24, 2.45) is 0 Å². The van der Waals surface area contributed by atoms with Crippen molar-refractivity contribution in [1.29, 1.82) is 0 Å². The lowest BCUT2D eigenvalue weighted by Gasteiger charge is -2.09. The zero-order valence-electron chi connectivity index (χ0n) is 8.66. The van der Waals surface area contributed by atoms with Gasteiger partial charge < -0.3 is 4.74 Å². The highest BCUT2D eigenvalue weighted by molar-refractivity contribution is 9.10. The van der Waals surface area contributed by atoms with E-state index >= 15 is 0 Å². The lowest BCUT2D eigenvalue weighted by Crippen LogP contribution is -1.93. The second-order valence-corrected chi connectivity index (χ2v) is 4.84. The summed E-state index contributed by atoms with van der Waals surface area (Å²) in [6.45, 7) is 0. The Bertz CT molecular complexity index is 534.